The second kappa shape index (κ2) is 6.79. The van der Waals surface area contributed by atoms with E-state index in [0.29, 0.717) is 19.4 Å². The van der Waals surface area contributed by atoms with Crippen LogP contribution in [0.2, 0.25) is 0 Å². The molecule has 0 unspecified atom stereocenters. The first-order valence-corrected chi connectivity index (χ1v) is 6.91. The third-order valence-electron chi connectivity index (χ3n) is 2.20. The zero-order chi connectivity index (χ0) is 11.9. The van der Waals surface area contributed by atoms with E-state index in [4.69, 9.17) is 11.1 Å². The zero-order valence-electron chi connectivity index (χ0n) is 9.49. The Morgan fingerprint density at radius 3 is 2.47 bits per heavy atom. The fourth-order valence-electron chi connectivity index (χ4n) is 1.12. The van der Waals surface area contributed by atoms with Gasteiger partial charge in [0, 0.05) is 18.7 Å². The van der Waals surface area contributed by atoms with Gasteiger partial charge in [-0.05, 0) is 20.0 Å². The van der Waals surface area contributed by atoms with E-state index in [1.54, 1.807) is 6.92 Å². The highest BCUT2D eigenvalue weighted by Crippen LogP contribution is 1.96. The van der Waals surface area contributed by atoms with Gasteiger partial charge in [-0.2, -0.15) is 0 Å². The standard InChI is InChI=1S/C9H21N3O2S/c1-3-15(13,14)8-4-6-12(2)7-5-9(10)11/h3-8H2,1-2H3,(H3,10,11). The minimum atomic E-state index is -2.84. The Balaban J connectivity index is 3.64. The summed E-state index contributed by atoms with van der Waals surface area (Å²) in [5.74, 6) is 0.626. The number of hydrogen-bond donors (Lipinski definition) is 2. The number of sulfone groups is 1. The topological polar surface area (TPSA) is 87.2 Å². The fraction of sp³-hybridized carbons (Fsp3) is 0.889. The summed E-state index contributed by atoms with van der Waals surface area (Å²) in [6.07, 6.45) is 1.18. The third kappa shape index (κ3) is 8.38. The van der Waals surface area contributed by atoms with Crippen molar-refractivity contribution < 1.29 is 8.42 Å². The van der Waals surface area contributed by atoms with Crippen molar-refractivity contribution in [3.63, 3.8) is 0 Å². The molecule has 0 amide bonds. The molecule has 6 heteroatoms. The van der Waals surface area contributed by atoms with Crippen molar-refractivity contribution in [3.05, 3.63) is 0 Å². The van der Waals surface area contributed by atoms with Gasteiger partial charge in [-0.25, -0.2) is 8.42 Å². The molecule has 5 nitrogen and oxygen atoms in total. The molecule has 0 aromatic carbocycles. The van der Waals surface area contributed by atoms with Gasteiger partial charge in [-0.1, -0.05) is 6.92 Å². The molecule has 0 aliphatic heterocycles. The molecule has 0 aliphatic rings. The summed E-state index contributed by atoms with van der Waals surface area (Å²) in [6.45, 7) is 3.10. The van der Waals surface area contributed by atoms with E-state index in [2.05, 4.69) is 0 Å². The molecule has 0 aliphatic carbocycles. The Hall–Kier alpha value is -0.620. The Kier molecular flexibility index (Phi) is 6.51. The largest absolute Gasteiger partial charge is 0.388 e. The Morgan fingerprint density at radius 1 is 1.40 bits per heavy atom. The number of nitrogens with zero attached hydrogens (tertiary/aromatic N) is 1. The molecule has 0 radical (unpaired) electrons. The van der Waals surface area contributed by atoms with E-state index in [-0.39, 0.29) is 17.3 Å². The summed E-state index contributed by atoms with van der Waals surface area (Å²) < 4.78 is 22.3. The Morgan fingerprint density at radius 2 is 2.00 bits per heavy atom. The second-order valence-electron chi connectivity index (χ2n) is 3.67. The number of nitrogens with two attached hydrogens (primary N) is 1. The van der Waals surface area contributed by atoms with Crippen molar-refractivity contribution in [2.45, 2.75) is 19.8 Å². The van der Waals surface area contributed by atoms with Crippen molar-refractivity contribution in [3.8, 4) is 0 Å². The molecule has 0 aromatic heterocycles. The van der Waals surface area contributed by atoms with Crippen molar-refractivity contribution in [1.29, 1.82) is 5.41 Å². The van der Waals surface area contributed by atoms with Gasteiger partial charge < -0.3 is 10.6 Å². The SMILES string of the molecule is CCS(=O)(=O)CCCN(C)CCC(=N)N. The molecule has 0 saturated carbocycles. The van der Waals surface area contributed by atoms with Crippen molar-refractivity contribution in [1.82, 2.24) is 4.90 Å². The van der Waals surface area contributed by atoms with Gasteiger partial charge in [0.2, 0.25) is 0 Å². The van der Waals surface area contributed by atoms with Crippen LogP contribution < -0.4 is 5.73 Å². The summed E-state index contributed by atoms with van der Waals surface area (Å²) in [6, 6.07) is 0. The smallest absolute Gasteiger partial charge is 0.150 e. The highest BCUT2D eigenvalue weighted by Gasteiger charge is 2.07. The summed E-state index contributed by atoms with van der Waals surface area (Å²) >= 11 is 0. The molecule has 0 heterocycles. The zero-order valence-corrected chi connectivity index (χ0v) is 10.3. The number of rotatable bonds is 8. The predicted octanol–water partition coefficient (Wildman–Crippen LogP) is 0.0691. The molecule has 0 fully saturated rings. The monoisotopic (exact) mass is 235 g/mol. The summed E-state index contributed by atoms with van der Waals surface area (Å²) in [7, 11) is -0.936. The van der Waals surface area contributed by atoms with Gasteiger partial charge in [0.15, 0.2) is 0 Å². The van der Waals surface area contributed by atoms with Crippen molar-refractivity contribution >= 4 is 15.7 Å². The summed E-state index contributed by atoms with van der Waals surface area (Å²) in [4.78, 5) is 1.99. The molecule has 0 atom stereocenters. The lowest BCUT2D eigenvalue weighted by Crippen LogP contribution is -2.26. The molecule has 0 spiro atoms. The molecule has 0 bridgehead atoms. The van der Waals surface area contributed by atoms with Crippen LogP contribution in [-0.4, -0.2) is 50.8 Å². The van der Waals surface area contributed by atoms with Crippen molar-refractivity contribution in [2.75, 3.05) is 31.6 Å². The first-order valence-electron chi connectivity index (χ1n) is 5.09. The Labute approximate surface area is 92.1 Å². The van der Waals surface area contributed by atoms with Gasteiger partial charge in [-0.15, -0.1) is 0 Å². The van der Waals surface area contributed by atoms with E-state index in [1.165, 1.54) is 0 Å². The average molecular weight is 235 g/mol. The van der Waals surface area contributed by atoms with Crippen LogP contribution >= 0.6 is 0 Å². The molecule has 0 rings (SSSR count). The van der Waals surface area contributed by atoms with Crippen LogP contribution in [0.25, 0.3) is 0 Å². The van der Waals surface area contributed by atoms with E-state index < -0.39 is 9.84 Å². The maximum absolute atomic E-state index is 11.2. The van der Waals surface area contributed by atoms with Crippen LogP contribution in [0.3, 0.4) is 0 Å². The number of amidine groups is 1. The molecule has 3 N–H and O–H groups in total. The predicted molar refractivity (Wildman–Crippen MR) is 63.0 cm³/mol. The van der Waals surface area contributed by atoms with Crippen LogP contribution in [0.15, 0.2) is 0 Å². The maximum atomic E-state index is 11.2. The van der Waals surface area contributed by atoms with Gasteiger partial charge in [0.25, 0.3) is 0 Å². The van der Waals surface area contributed by atoms with E-state index in [1.807, 2.05) is 11.9 Å². The lowest BCUT2D eigenvalue weighted by molar-refractivity contribution is 0.344. The lowest BCUT2D eigenvalue weighted by Gasteiger charge is -2.15. The summed E-state index contributed by atoms with van der Waals surface area (Å²) in [5, 5.41) is 7.05. The fourth-order valence-corrected chi connectivity index (χ4v) is 1.98. The highest BCUT2D eigenvalue weighted by molar-refractivity contribution is 7.91. The third-order valence-corrected chi connectivity index (χ3v) is 3.99. The first-order chi connectivity index (χ1) is 6.87. The van der Waals surface area contributed by atoms with E-state index >= 15 is 0 Å². The second-order valence-corrected chi connectivity index (χ2v) is 6.14. The van der Waals surface area contributed by atoms with Gasteiger partial charge in [0.1, 0.15) is 9.84 Å². The molecular weight excluding hydrogens is 214 g/mol. The molecule has 0 aromatic rings. The quantitative estimate of drug-likeness (QED) is 0.460. The normalized spacial score (nSPS) is 11.9. The highest BCUT2D eigenvalue weighted by atomic mass is 32.2. The lowest BCUT2D eigenvalue weighted by atomic mass is 10.3. The van der Waals surface area contributed by atoms with Crippen LogP contribution in [0, 0.1) is 5.41 Å². The van der Waals surface area contributed by atoms with Crippen LogP contribution in [-0.2, 0) is 9.84 Å². The average Bonchev–Trinajstić information content (AvgIpc) is 2.14. The Bertz CT molecular complexity index is 288. The van der Waals surface area contributed by atoms with Crippen LogP contribution in [0.1, 0.15) is 19.8 Å². The first kappa shape index (κ1) is 14.4. The van der Waals surface area contributed by atoms with E-state index in [9.17, 15) is 8.42 Å². The van der Waals surface area contributed by atoms with E-state index in [0.717, 1.165) is 6.54 Å². The van der Waals surface area contributed by atoms with Gasteiger partial charge in [-0.3, -0.25) is 5.41 Å². The van der Waals surface area contributed by atoms with Gasteiger partial charge >= 0.3 is 0 Å². The molecule has 0 saturated heterocycles. The molecular formula is C9H21N3O2S. The van der Waals surface area contributed by atoms with Crippen LogP contribution in [0.4, 0.5) is 0 Å². The molecule has 15 heavy (non-hydrogen) atoms. The summed E-state index contributed by atoms with van der Waals surface area (Å²) in [5.41, 5.74) is 5.22. The maximum Gasteiger partial charge on any atom is 0.150 e. The molecule has 90 valence electrons. The van der Waals surface area contributed by atoms with Crippen molar-refractivity contribution in [2.24, 2.45) is 5.73 Å². The van der Waals surface area contributed by atoms with Gasteiger partial charge in [0.05, 0.1) is 11.6 Å². The van der Waals surface area contributed by atoms with Crippen LogP contribution in [0.5, 0.6) is 0 Å². The number of hydrogen-bond acceptors (Lipinski definition) is 4. The minimum Gasteiger partial charge on any atom is -0.388 e. The number of nitrogens with one attached hydrogen (secondary N) is 1. The minimum absolute atomic E-state index is 0.169.